The van der Waals surface area contributed by atoms with Crippen molar-refractivity contribution < 1.29 is 19.0 Å². The van der Waals surface area contributed by atoms with Gasteiger partial charge in [0.25, 0.3) is 5.91 Å². The van der Waals surface area contributed by atoms with Crippen LogP contribution in [0.3, 0.4) is 0 Å². The standard InChI is InChI=1S/C22H30N2O4/c1-6-24(16(2)3)19-10-7-17(8-11-19)22(25)23-18-9-12-20(27-5)21(15-18)28-14-13-26-4/h7-12,15-16H,6,13-14H2,1-5H3,(H,23,25). The molecule has 152 valence electrons. The summed E-state index contributed by atoms with van der Waals surface area (Å²) < 4.78 is 16.0. The Labute approximate surface area is 167 Å². The predicted molar refractivity (Wildman–Crippen MR) is 113 cm³/mol. The number of anilines is 2. The van der Waals surface area contributed by atoms with Crippen molar-refractivity contribution in [1.29, 1.82) is 0 Å². The molecule has 0 spiro atoms. The van der Waals surface area contributed by atoms with E-state index in [2.05, 4.69) is 31.0 Å². The summed E-state index contributed by atoms with van der Waals surface area (Å²) in [4.78, 5) is 14.9. The van der Waals surface area contributed by atoms with Gasteiger partial charge in [0.05, 0.1) is 13.7 Å². The largest absolute Gasteiger partial charge is 0.493 e. The summed E-state index contributed by atoms with van der Waals surface area (Å²) in [5.41, 5.74) is 2.34. The van der Waals surface area contributed by atoms with Crippen LogP contribution < -0.4 is 19.7 Å². The lowest BCUT2D eigenvalue weighted by Crippen LogP contribution is -2.30. The number of carbonyl (C=O) groups is 1. The Morgan fingerprint density at radius 3 is 2.32 bits per heavy atom. The van der Waals surface area contributed by atoms with Gasteiger partial charge >= 0.3 is 0 Å². The minimum Gasteiger partial charge on any atom is -0.493 e. The van der Waals surface area contributed by atoms with Gasteiger partial charge in [0.2, 0.25) is 0 Å². The normalized spacial score (nSPS) is 10.6. The number of methoxy groups -OCH3 is 2. The summed E-state index contributed by atoms with van der Waals surface area (Å²) in [7, 11) is 3.19. The number of amides is 1. The van der Waals surface area contributed by atoms with Crippen molar-refractivity contribution in [3.8, 4) is 11.5 Å². The van der Waals surface area contributed by atoms with E-state index < -0.39 is 0 Å². The lowest BCUT2D eigenvalue weighted by atomic mass is 10.1. The Morgan fingerprint density at radius 1 is 1.04 bits per heavy atom. The summed E-state index contributed by atoms with van der Waals surface area (Å²) in [6.45, 7) is 8.21. The first-order chi connectivity index (χ1) is 13.5. The van der Waals surface area contributed by atoms with E-state index in [9.17, 15) is 4.79 Å². The Balaban J connectivity index is 2.10. The Kier molecular flexibility index (Phi) is 8.14. The number of hydrogen-bond acceptors (Lipinski definition) is 5. The van der Waals surface area contributed by atoms with Crippen molar-refractivity contribution in [2.75, 3.05) is 44.2 Å². The molecule has 0 heterocycles. The third-order valence-electron chi connectivity index (χ3n) is 4.39. The number of hydrogen-bond donors (Lipinski definition) is 1. The highest BCUT2D eigenvalue weighted by Gasteiger charge is 2.12. The smallest absolute Gasteiger partial charge is 0.255 e. The topological polar surface area (TPSA) is 60.0 Å². The van der Waals surface area contributed by atoms with Crippen LogP contribution in [0.2, 0.25) is 0 Å². The molecule has 0 saturated carbocycles. The molecule has 2 aromatic carbocycles. The van der Waals surface area contributed by atoms with E-state index in [4.69, 9.17) is 14.2 Å². The van der Waals surface area contributed by atoms with Gasteiger partial charge in [0.15, 0.2) is 11.5 Å². The van der Waals surface area contributed by atoms with Crippen molar-refractivity contribution >= 4 is 17.3 Å². The fourth-order valence-corrected chi connectivity index (χ4v) is 2.96. The first kappa shape index (κ1) is 21.6. The second-order valence-corrected chi connectivity index (χ2v) is 6.59. The highest BCUT2D eigenvalue weighted by Crippen LogP contribution is 2.30. The van der Waals surface area contributed by atoms with Crippen molar-refractivity contribution in [1.82, 2.24) is 0 Å². The van der Waals surface area contributed by atoms with Crippen LogP contribution in [0.4, 0.5) is 11.4 Å². The Hall–Kier alpha value is -2.73. The van der Waals surface area contributed by atoms with Gasteiger partial charge in [-0.25, -0.2) is 0 Å². The minimum absolute atomic E-state index is 0.174. The van der Waals surface area contributed by atoms with Crippen molar-refractivity contribution in [3.05, 3.63) is 48.0 Å². The maximum absolute atomic E-state index is 12.6. The molecule has 6 nitrogen and oxygen atoms in total. The molecule has 0 fully saturated rings. The number of benzene rings is 2. The molecular weight excluding hydrogens is 356 g/mol. The SMILES string of the molecule is CCN(c1ccc(C(=O)Nc2ccc(OC)c(OCCOC)c2)cc1)C(C)C. The van der Waals surface area contributed by atoms with Crippen LogP contribution >= 0.6 is 0 Å². The molecule has 6 heteroatoms. The van der Waals surface area contributed by atoms with Gasteiger partial charge in [0.1, 0.15) is 6.61 Å². The van der Waals surface area contributed by atoms with Gasteiger partial charge in [-0.15, -0.1) is 0 Å². The molecule has 0 aliphatic heterocycles. The summed E-state index contributed by atoms with van der Waals surface area (Å²) in [5.74, 6) is 0.988. The molecule has 0 radical (unpaired) electrons. The van der Waals surface area contributed by atoms with E-state index in [0.717, 1.165) is 12.2 Å². The first-order valence-electron chi connectivity index (χ1n) is 9.48. The Bertz CT molecular complexity index is 760. The van der Waals surface area contributed by atoms with E-state index in [1.54, 1.807) is 32.4 Å². The summed E-state index contributed by atoms with van der Waals surface area (Å²) >= 11 is 0. The third-order valence-corrected chi connectivity index (χ3v) is 4.39. The van der Waals surface area contributed by atoms with Gasteiger partial charge in [-0.1, -0.05) is 0 Å². The van der Waals surface area contributed by atoms with E-state index in [1.165, 1.54) is 0 Å². The summed E-state index contributed by atoms with van der Waals surface area (Å²) in [6, 6.07) is 13.3. The fourth-order valence-electron chi connectivity index (χ4n) is 2.96. The van der Waals surface area contributed by atoms with Gasteiger partial charge in [-0.2, -0.15) is 0 Å². The van der Waals surface area contributed by atoms with E-state index in [-0.39, 0.29) is 5.91 Å². The highest BCUT2D eigenvalue weighted by atomic mass is 16.5. The summed E-state index contributed by atoms with van der Waals surface area (Å²) in [6.07, 6.45) is 0. The van der Waals surface area contributed by atoms with Crippen LogP contribution in [-0.2, 0) is 4.74 Å². The van der Waals surface area contributed by atoms with Crippen LogP contribution in [0, 0.1) is 0 Å². The fraction of sp³-hybridized carbons (Fsp3) is 0.409. The van der Waals surface area contributed by atoms with Crippen molar-refractivity contribution in [2.45, 2.75) is 26.8 Å². The van der Waals surface area contributed by atoms with Crippen LogP contribution in [0.5, 0.6) is 11.5 Å². The zero-order valence-electron chi connectivity index (χ0n) is 17.3. The zero-order chi connectivity index (χ0) is 20.5. The van der Waals surface area contributed by atoms with Crippen molar-refractivity contribution in [2.24, 2.45) is 0 Å². The summed E-state index contributed by atoms with van der Waals surface area (Å²) in [5, 5.41) is 2.91. The lowest BCUT2D eigenvalue weighted by molar-refractivity contribution is 0.102. The van der Waals surface area contributed by atoms with E-state index in [1.807, 2.05) is 24.3 Å². The molecule has 0 unspecified atom stereocenters. The van der Waals surface area contributed by atoms with Crippen LogP contribution in [0.15, 0.2) is 42.5 Å². The molecule has 1 amide bonds. The van der Waals surface area contributed by atoms with Crippen LogP contribution in [-0.4, -0.2) is 45.9 Å². The van der Waals surface area contributed by atoms with Gasteiger partial charge in [0, 0.05) is 42.7 Å². The molecule has 2 rings (SSSR count). The van der Waals surface area contributed by atoms with Crippen LogP contribution in [0.25, 0.3) is 0 Å². The number of ether oxygens (including phenoxy) is 3. The Morgan fingerprint density at radius 2 is 1.75 bits per heavy atom. The molecule has 0 atom stereocenters. The number of carbonyl (C=O) groups excluding carboxylic acids is 1. The maximum atomic E-state index is 12.6. The minimum atomic E-state index is -0.174. The quantitative estimate of drug-likeness (QED) is 0.620. The molecule has 28 heavy (non-hydrogen) atoms. The van der Waals surface area contributed by atoms with Gasteiger partial charge < -0.3 is 24.4 Å². The first-order valence-corrected chi connectivity index (χ1v) is 9.48. The second kappa shape index (κ2) is 10.6. The molecule has 0 aromatic heterocycles. The molecule has 0 bridgehead atoms. The average Bonchev–Trinajstić information content (AvgIpc) is 2.69. The van der Waals surface area contributed by atoms with Crippen molar-refractivity contribution in [3.63, 3.8) is 0 Å². The third kappa shape index (κ3) is 5.63. The molecular formula is C22H30N2O4. The van der Waals surface area contributed by atoms with Gasteiger partial charge in [-0.05, 0) is 57.2 Å². The average molecular weight is 386 g/mol. The van der Waals surface area contributed by atoms with Crippen LogP contribution in [0.1, 0.15) is 31.1 Å². The second-order valence-electron chi connectivity index (χ2n) is 6.59. The molecule has 0 aliphatic carbocycles. The number of nitrogens with one attached hydrogen (secondary N) is 1. The van der Waals surface area contributed by atoms with Gasteiger partial charge in [-0.3, -0.25) is 4.79 Å². The maximum Gasteiger partial charge on any atom is 0.255 e. The highest BCUT2D eigenvalue weighted by molar-refractivity contribution is 6.04. The molecule has 0 aliphatic rings. The molecule has 2 aromatic rings. The monoisotopic (exact) mass is 386 g/mol. The lowest BCUT2D eigenvalue weighted by Gasteiger charge is -2.27. The zero-order valence-corrected chi connectivity index (χ0v) is 17.3. The number of rotatable bonds is 10. The van der Waals surface area contributed by atoms with E-state index >= 15 is 0 Å². The van der Waals surface area contributed by atoms with E-state index in [0.29, 0.717) is 42.0 Å². The molecule has 0 saturated heterocycles. The number of nitrogens with zero attached hydrogens (tertiary/aromatic N) is 1. The molecule has 1 N–H and O–H groups in total. The predicted octanol–water partition coefficient (Wildman–Crippen LogP) is 4.21.